The molecule has 1 saturated heterocycles. The zero-order chi connectivity index (χ0) is 21.9. The Labute approximate surface area is 188 Å². The molecule has 1 heterocycles. The van der Waals surface area contributed by atoms with Crippen molar-refractivity contribution in [2.24, 2.45) is 0 Å². The van der Waals surface area contributed by atoms with Crippen LogP contribution in [0.3, 0.4) is 0 Å². The zero-order valence-electron chi connectivity index (χ0n) is 17.0. The summed E-state index contributed by atoms with van der Waals surface area (Å²) in [6.07, 6.45) is 0. The normalized spacial score (nSPS) is 15.9. The van der Waals surface area contributed by atoms with Crippen molar-refractivity contribution in [2.45, 2.75) is 18.4 Å². The van der Waals surface area contributed by atoms with Gasteiger partial charge in [-0.1, -0.05) is 42.3 Å². The van der Waals surface area contributed by atoms with E-state index in [-0.39, 0.29) is 21.4 Å². The molecule has 162 valence electrons. The van der Waals surface area contributed by atoms with Crippen LogP contribution in [0.4, 0.5) is 0 Å². The average Bonchev–Trinajstić information content (AvgIpc) is 2.75. The van der Waals surface area contributed by atoms with Gasteiger partial charge in [-0.2, -0.15) is 4.31 Å². The minimum atomic E-state index is -3.69. The molecule has 9 heteroatoms. The van der Waals surface area contributed by atoms with E-state index >= 15 is 0 Å². The Hall–Kier alpha value is -1.64. The molecule has 0 aliphatic carbocycles. The Morgan fingerprint density at radius 2 is 1.67 bits per heavy atom. The molecule has 1 fully saturated rings. The first-order chi connectivity index (χ1) is 14.2. The zero-order valence-corrected chi connectivity index (χ0v) is 19.3. The number of sulfonamides is 1. The molecule has 1 amide bonds. The highest BCUT2D eigenvalue weighted by molar-refractivity contribution is 7.89. The molecule has 0 radical (unpaired) electrons. The van der Waals surface area contributed by atoms with Gasteiger partial charge in [-0.25, -0.2) is 8.42 Å². The van der Waals surface area contributed by atoms with Gasteiger partial charge < -0.3 is 9.80 Å². The van der Waals surface area contributed by atoms with Crippen LogP contribution in [0.15, 0.2) is 47.4 Å². The highest BCUT2D eigenvalue weighted by atomic mass is 35.5. The van der Waals surface area contributed by atoms with E-state index in [0.29, 0.717) is 37.7 Å². The number of amides is 1. The Balaban J connectivity index is 1.80. The number of hydrogen-bond donors (Lipinski definition) is 0. The van der Waals surface area contributed by atoms with E-state index in [2.05, 4.69) is 11.8 Å². The van der Waals surface area contributed by atoms with Crippen LogP contribution in [-0.4, -0.2) is 68.2 Å². The summed E-state index contributed by atoms with van der Waals surface area (Å²) in [6.45, 7) is 5.55. The highest BCUT2D eigenvalue weighted by Gasteiger charge is 2.29. The molecule has 2 aromatic rings. The first kappa shape index (κ1) is 23.0. The largest absolute Gasteiger partial charge is 0.337 e. The van der Waals surface area contributed by atoms with Gasteiger partial charge in [0.1, 0.15) is 0 Å². The summed E-state index contributed by atoms with van der Waals surface area (Å²) >= 11 is 12.2. The number of rotatable bonds is 6. The molecule has 0 N–H and O–H groups in total. The Kier molecular flexibility index (Phi) is 7.42. The first-order valence-corrected chi connectivity index (χ1v) is 11.9. The summed E-state index contributed by atoms with van der Waals surface area (Å²) in [4.78, 5) is 16.8. The predicted molar refractivity (Wildman–Crippen MR) is 120 cm³/mol. The van der Waals surface area contributed by atoms with Crippen LogP contribution in [0.25, 0.3) is 0 Å². The van der Waals surface area contributed by atoms with Gasteiger partial charge in [0.15, 0.2) is 0 Å². The van der Waals surface area contributed by atoms with Crippen LogP contribution in [0, 0.1) is 0 Å². The second-order valence-corrected chi connectivity index (χ2v) is 10.0. The molecular weight excluding hydrogens is 445 g/mol. The number of nitrogens with zero attached hydrogens (tertiary/aromatic N) is 3. The SMILES string of the molecule is CCN1CCN(S(=O)(=O)c2ccc(Cl)c(C(=O)N(C)Cc3ccc(Cl)cc3)c2)CC1. The van der Waals surface area contributed by atoms with Gasteiger partial charge >= 0.3 is 0 Å². The van der Waals surface area contributed by atoms with Crippen molar-refractivity contribution in [1.29, 1.82) is 0 Å². The summed E-state index contributed by atoms with van der Waals surface area (Å²) in [5.41, 5.74) is 1.07. The number of halogens is 2. The number of piperazine rings is 1. The molecule has 3 rings (SSSR count). The van der Waals surface area contributed by atoms with Gasteiger partial charge in [0, 0.05) is 44.8 Å². The molecule has 0 aromatic heterocycles. The van der Waals surface area contributed by atoms with E-state index in [1.54, 1.807) is 19.2 Å². The second-order valence-electron chi connectivity index (χ2n) is 7.27. The quantitative estimate of drug-likeness (QED) is 0.648. The van der Waals surface area contributed by atoms with E-state index in [1.807, 2.05) is 12.1 Å². The third-order valence-corrected chi connectivity index (χ3v) is 7.74. The standard InChI is InChI=1S/C21H25Cl2N3O3S/c1-3-25-10-12-26(13-11-25)30(28,29)18-8-9-20(23)19(14-18)21(27)24(2)15-16-4-6-17(22)7-5-16/h4-9,14H,3,10-13,15H2,1-2H3. The second kappa shape index (κ2) is 9.66. The van der Waals surface area contributed by atoms with Gasteiger partial charge in [0.2, 0.25) is 10.0 Å². The van der Waals surface area contributed by atoms with Crippen molar-refractivity contribution in [3.63, 3.8) is 0 Å². The van der Waals surface area contributed by atoms with Gasteiger partial charge in [0.25, 0.3) is 5.91 Å². The predicted octanol–water partition coefficient (Wildman–Crippen LogP) is 3.59. The lowest BCUT2D eigenvalue weighted by Crippen LogP contribution is -2.48. The van der Waals surface area contributed by atoms with Crippen molar-refractivity contribution in [3.8, 4) is 0 Å². The minimum absolute atomic E-state index is 0.0834. The first-order valence-electron chi connectivity index (χ1n) is 9.74. The van der Waals surface area contributed by atoms with Crippen molar-refractivity contribution in [1.82, 2.24) is 14.1 Å². The lowest BCUT2D eigenvalue weighted by molar-refractivity contribution is 0.0785. The van der Waals surface area contributed by atoms with Crippen molar-refractivity contribution >= 4 is 39.1 Å². The molecule has 30 heavy (non-hydrogen) atoms. The fourth-order valence-corrected chi connectivity index (χ4v) is 5.18. The number of carbonyl (C=O) groups is 1. The molecule has 0 spiro atoms. The Bertz CT molecular complexity index is 1000. The van der Waals surface area contributed by atoms with Crippen LogP contribution >= 0.6 is 23.2 Å². The van der Waals surface area contributed by atoms with Crippen LogP contribution in [0.2, 0.25) is 10.0 Å². The fraction of sp³-hybridized carbons (Fsp3) is 0.381. The molecule has 0 bridgehead atoms. The summed E-state index contributed by atoms with van der Waals surface area (Å²) < 4.78 is 27.6. The molecule has 1 aliphatic rings. The molecule has 2 aromatic carbocycles. The third kappa shape index (κ3) is 5.15. The molecule has 0 unspecified atom stereocenters. The summed E-state index contributed by atoms with van der Waals surface area (Å²) in [5.74, 6) is -0.345. The van der Waals surface area contributed by atoms with E-state index in [1.165, 1.54) is 27.4 Å². The summed E-state index contributed by atoms with van der Waals surface area (Å²) in [6, 6.07) is 11.5. The maximum atomic E-state index is 13.1. The van der Waals surface area contributed by atoms with Crippen LogP contribution in [0.1, 0.15) is 22.8 Å². The van der Waals surface area contributed by atoms with Crippen LogP contribution in [-0.2, 0) is 16.6 Å². The summed E-state index contributed by atoms with van der Waals surface area (Å²) in [5, 5.41) is 0.839. The topological polar surface area (TPSA) is 60.9 Å². The Morgan fingerprint density at radius 1 is 1.03 bits per heavy atom. The van der Waals surface area contributed by atoms with E-state index in [0.717, 1.165) is 12.1 Å². The minimum Gasteiger partial charge on any atom is -0.337 e. The monoisotopic (exact) mass is 469 g/mol. The maximum Gasteiger partial charge on any atom is 0.255 e. The molecule has 6 nitrogen and oxygen atoms in total. The maximum absolute atomic E-state index is 13.1. The van der Waals surface area contributed by atoms with E-state index in [4.69, 9.17) is 23.2 Å². The Morgan fingerprint density at radius 3 is 2.27 bits per heavy atom. The number of benzene rings is 2. The summed E-state index contributed by atoms with van der Waals surface area (Å²) in [7, 11) is -2.04. The molecule has 0 atom stereocenters. The van der Waals surface area contributed by atoms with E-state index < -0.39 is 10.0 Å². The lowest BCUT2D eigenvalue weighted by atomic mass is 10.1. The van der Waals surface area contributed by atoms with Crippen LogP contribution in [0.5, 0.6) is 0 Å². The van der Waals surface area contributed by atoms with Gasteiger partial charge in [0.05, 0.1) is 15.5 Å². The smallest absolute Gasteiger partial charge is 0.255 e. The van der Waals surface area contributed by atoms with Gasteiger partial charge in [-0.3, -0.25) is 4.79 Å². The molecule has 0 saturated carbocycles. The highest BCUT2D eigenvalue weighted by Crippen LogP contribution is 2.25. The van der Waals surface area contributed by atoms with E-state index in [9.17, 15) is 13.2 Å². The molecular formula is C21H25Cl2N3O3S. The van der Waals surface area contributed by atoms with Crippen LogP contribution < -0.4 is 0 Å². The number of hydrogen-bond acceptors (Lipinski definition) is 4. The van der Waals surface area contributed by atoms with Crippen molar-refractivity contribution < 1.29 is 13.2 Å². The average molecular weight is 470 g/mol. The fourth-order valence-electron chi connectivity index (χ4n) is 3.41. The molecule has 1 aliphatic heterocycles. The lowest BCUT2D eigenvalue weighted by Gasteiger charge is -2.33. The number of likely N-dealkylation sites (N-methyl/N-ethyl adjacent to an activating group) is 1. The van der Waals surface area contributed by atoms with Crippen molar-refractivity contribution in [3.05, 3.63) is 63.6 Å². The third-order valence-electron chi connectivity index (χ3n) is 5.26. The van der Waals surface area contributed by atoms with Gasteiger partial charge in [-0.15, -0.1) is 0 Å². The van der Waals surface area contributed by atoms with Gasteiger partial charge in [-0.05, 0) is 42.4 Å². The number of carbonyl (C=O) groups excluding carboxylic acids is 1. The van der Waals surface area contributed by atoms with Crippen molar-refractivity contribution in [2.75, 3.05) is 39.8 Å².